The fraction of sp³-hybridized carbons (Fsp3) is 0.174. The molecule has 0 bridgehead atoms. The number of carbonyl (C=O) groups is 1. The van der Waals surface area contributed by atoms with Crippen LogP contribution >= 0.6 is 0 Å². The van der Waals surface area contributed by atoms with Gasteiger partial charge in [0.1, 0.15) is 0 Å². The highest BCUT2D eigenvalue weighted by atomic mass is 32.2. The number of benzene rings is 3. The van der Waals surface area contributed by atoms with E-state index in [2.05, 4.69) is 12.2 Å². The Kier molecular flexibility index (Phi) is 6.34. The number of hydrogen-bond acceptors (Lipinski definition) is 3. The van der Waals surface area contributed by atoms with Crippen LogP contribution in [0.3, 0.4) is 0 Å². The van der Waals surface area contributed by atoms with E-state index in [0.29, 0.717) is 17.8 Å². The van der Waals surface area contributed by atoms with Crippen LogP contribution in [0.1, 0.15) is 28.8 Å². The van der Waals surface area contributed by atoms with Crippen molar-refractivity contribution in [2.24, 2.45) is 0 Å². The highest BCUT2D eigenvalue weighted by Crippen LogP contribution is 2.22. The number of sulfonamides is 1. The topological polar surface area (TPSA) is 66.5 Å². The molecule has 150 valence electrons. The number of anilines is 1. The first-order valence-electron chi connectivity index (χ1n) is 9.37. The van der Waals surface area contributed by atoms with Crippen molar-refractivity contribution < 1.29 is 13.2 Å². The fourth-order valence-electron chi connectivity index (χ4n) is 2.96. The summed E-state index contributed by atoms with van der Waals surface area (Å²) in [5.74, 6) is 0.00877. The lowest BCUT2D eigenvalue weighted by atomic mass is 10.0. The third-order valence-electron chi connectivity index (χ3n) is 4.83. The van der Waals surface area contributed by atoms with E-state index in [9.17, 15) is 13.2 Å². The van der Waals surface area contributed by atoms with Crippen LogP contribution in [0.15, 0.2) is 89.8 Å². The van der Waals surface area contributed by atoms with Crippen LogP contribution in [-0.2, 0) is 10.0 Å². The van der Waals surface area contributed by atoms with Gasteiger partial charge in [0.25, 0.3) is 15.9 Å². The minimum atomic E-state index is -3.64. The quantitative estimate of drug-likeness (QED) is 0.641. The molecule has 0 saturated heterocycles. The van der Waals surface area contributed by atoms with Gasteiger partial charge in [-0.3, -0.25) is 9.10 Å². The number of nitrogens with zero attached hydrogens (tertiary/aromatic N) is 1. The van der Waals surface area contributed by atoms with E-state index in [-0.39, 0.29) is 16.7 Å². The number of hydrogen-bond donors (Lipinski definition) is 1. The number of amides is 1. The molecule has 5 nitrogen and oxygen atoms in total. The van der Waals surface area contributed by atoms with E-state index in [1.165, 1.54) is 11.4 Å². The summed E-state index contributed by atoms with van der Waals surface area (Å²) in [5, 5.41) is 2.93. The van der Waals surface area contributed by atoms with Crippen LogP contribution in [0.2, 0.25) is 0 Å². The maximum absolute atomic E-state index is 12.7. The predicted octanol–water partition coefficient (Wildman–Crippen LogP) is 4.05. The second-order valence-corrected chi connectivity index (χ2v) is 8.82. The maximum atomic E-state index is 12.7. The van der Waals surface area contributed by atoms with Gasteiger partial charge in [-0.1, -0.05) is 55.5 Å². The Morgan fingerprint density at radius 1 is 0.897 bits per heavy atom. The van der Waals surface area contributed by atoms with Crippen LogP contribution in [0.5, 0.6) is 0 Å². The second kappa shape index (κ2) is 8.92. The van der Waals surface area contributed by atoms with Crippen molar-refractivity contribution in [2.75, 3.05) is 17.9 Å². The molecule has 1 atom stereocenters. The van der Waals surface area contributed by atoms with Crippen molar-refractivity contribution in [2.45, 2.75) is 17.7 Å². The zero-order chi connectivity index (χ0) is 20.9. The average Bonchev–Trinajstić information content (AvgIpc) is 2.78. The Morgan fingerprint density at radius 3 is 2.03 bits per heavy atom. The maximum Gasteiger partial charge on any atom is 0.264 e. The largest absolute Gasteiger partial charge is 0.351 e. The lowest BCUT2D eigenvalue weighted by Crippen LogP contribution is -2.28. The molecule has 3 aromatic rings. The van der Waals surface area contributed by atoms with Gasteiger partial charge in [-0.25, -0.2) is 8.42 Å². The van der Waals surface area contributed by atoms with E-state index >= 15 is 0 Å². The molecule has 0 radical (unpaired) electrons. The van der Waals surface area contributed by atoms with Gasteiger partial charge in [0.05, 0.1) is 10.6 Å². The molecule has 6 heteroatoms. The summed E-state index contributed by atoms with van der Waals surface area (Å²) in [6.07, 6.45) is 0. The summed E-state index contributed by atoms with van der Waals surface area (Å²) in [7, 11) is -2.15. The van der Waals surface area contributed by atoms with Crippen LogP contribution in [0, 0.1) is 0 Å². The monoisotopic (exact) mass is 408 g/mol. The Morgan fingerprint density at radius 2 is 1.45 bits per heavy atom. The van der Waals surface area contributed by atoms with Crippen molar-refractivity contribution in [3.05, 3.63) is 96.1 Å². The molecule has 0 aromatic heterocycles. The van der Waals surface area contributed by atoms with Gasteiger partial charge in [0.15, 0.2) is 0 Å². The third kappa shape index (κ3) is 4.84. The summed E-state index contributed by atoms with van der Waals surface area (Å²) in [6, 6.07) is 24.8. The second-order valence-electron chi connectivity index (χ2n) is 6.85. The van der Waals surface area contributed by atoms with E-state index in [0.717, 1.165) is 5.56 Å². The molecular weight excluding hydrogens is 384 g/mol. The molecule has 0 heterocycles. The summed E-state index contributed by atoms with van der Waals surface area (Å²) < 4.78 is 26.6. The molecule has 3 rings (SSSR count). The summed E-state index contributed by atoms with van der Waals surface area (Å²) in [6.45, 7) is 2.58. The van der Waals surface area contributed by atoms with Gasteiger partial charge < -0.3 is 5.32 Å². The minimum absolute atomic E-state index is 0.187. The minimum Gasteiger partial charge on any atom is -0.351 e. The van der Waals surface area contributed by atoms with Crippen LogP contribution in [-0.4, -0.2) is 27.9 Å². The van der Waals surface area contributed by atoms with Gasteiger partial charge in [0, 0.05) is 19.2 Å². The van der Waals surface area contributed by atoms with Crippen molar-refractivity contribution in [3.63, 3.8) is 0 Å². The van der Waals surface area contributed by atoms with Gasteiger partial charge in [-0.2, -0.15) is 0 Å². The lowest BCUT2D eigenvalue weighted by molar-refractivity contribution is 0.0951. The van der Waals surface area contributed by atoms with E-state index < -0.39 is 10.0 Å². The first-order valence-corrected chi connectivity index (χ1v) is 10.8. The fourth-order valence-corrected chi connectivity index (χ4v) is 4.18. The number of rotatable bonds is 7. The Hall–Kier alpha value is -3.12. The highest BCUT2D eigenvalue weighted by molar-refractivity contribution is 7.92. The lowest BCUT2D eigenvalue weighted by Gasteiger charge is -2.20. The molecule has 1 N–H and O–H groups in total. The van der Waals surface area contributed by atoms with Gasteiger partial charge in [-0.15, -0.1) is 0 Å². The molecule has 0 unspecified atom stereocenters. The van der Waals surface area contributed by atoms with Crippen LogP contribution < -0.4 is 9.62 Å². The van der Waals surface area contributed by atoms with Crippen molar-refractivity contribution in [3.8, 4) is 0 Å². The van der Waals surface area contributed by atoms with Gasteiger partial charge >= 0.3 is 0 Å². The van der Waals surface area contributed by atoms with Crippen LogP contribution in [0.4, 0.5) is 5.69 Å². The molecule has 0 aliphatic rings. The molecule has 0 fully saturated rings. The standard InChI is InChI=1S/C23H24N2O3S/c1-18(19-9-5-3-6-10-19)17-24-23(26)20-13-15-21(16-14-20)25(2)29(27,28)22-11-7-4-8-12-22/h3-16,18H,17H2,1-2H3,(H,24,26)/t18-/m1/s1. The van der Waals surface area contributed by atoms with Gasteiger partial charge in [0.2, 0.25) is 0 Å². The average molecular weight is 409 g/mol. The number of carbonyl (C=O) groups excluding carboxylic acids is 1. The molecular formula is C23H24N2O3S. The molecule has 3 aromatic carbocycles. The smallest absolute Gasteiger partial charge is 0.264 e. The highest BCUT2D eigenvalue weighted by Gasteiger charge is 2.21. The van der Waals surface area contributed by atoms with Gasteiger partial charge in [-0.05, 0) is 47.9 Å². The molecule has 29 heavy (non-hydrogen) atoms. The van der Waals surface area contributed by atoms with Crippen molar-refractivity contribution >= 4 is 21.6 Å². The number of nitrogens with one attached hydrogen (secondary N) is 1. The normalized spacial score (nSPS) is 12.2. The van der Waals surface area contributed by atoms with E-state index in [4.69, 9.17) is 0 Å². The first-order chi connectivity index (χ1) is 13.9. The SMILES string of the molecule is C[C@H](CNC(=O)c1ccc(N(C)S(=O)(=O)c2ccccc2)cc1)c1ccccc1. The molecule has 0 saturated carbocycles. The summed E-state index contributed by atoms with van der Waals surface area (Å²) in [4.78, 5) is 12.7. The molecule has 0 spiro atoms. The Bertz CT molecular complexity index is 1050. The predicted molar refractivity (Wildman–Crippen MR) is 116 cm³/mol. The Balaban J connectivity index is 1.66. The third-order valence-corrected chi connectivity index (χ3v) is 6.63. The van der Waals surface area contributed by atoms with Crippen LogP contribution in [0.25, 0.3) is 0 Å². The molecule has 0 aliphatic carbocycles. The zero-order valence-electron chi connectivity index (χ0n) is 16.4. The molecule has 0 aliphatic heterocycles. The summed E-state index contributed by atoms with van der Waals surface area (Å²) >= 11 is 0. The Labute approximate surface area is 172 Å². The first kappa shape index (κ1) is 20.6. The zero-order valence-corrected chi connectivity index (χ0v) is 17.3. The van der Waals surface area contributed by atoms with E-state index in [1.807, 2.05) is 30.3 Å². The van der Waals surface area contributed by atoms with Crippen molar-refractivity contribution in [1.29, 1.82) is 0 Å². The van der Waals surface area contributed by atoms with Crippen molar-refractivity contribution in [1.82, 2.24) is 5.32 Å². The summed E-state index contributed by atoms with van der Waals surface area (Å²) in [5.41, 5.74) is 2.14. The van der Waals surface area contributed by atoms with E-state index in [1.54, 1.807) is 54.6 Å². The molecule has 1 amide bonds.